The number of hydrogen-bond acceptors (Lipinski definition) is 2. The molecule has 0 radical (unpaired) electrons. The fourth-order valence-corrected chi connectivity index (χ4v) is 4.04. The number of nitrogens with one attached hydrogen (secondary N) is 1. The molecule has 1 aliphatic heterocycles. The van der Waals surface area contributed by atoms with Gasteiger partial charge >= 0.3 is 12.0 Å². The molecule has 5 nitrogen and oxygen atoms in total. The van der Waals surface area contributed by atoms with E-state index >= 15 is 0 Å². The van der Waals surface area contributed by atoms with Gasteiger partial charge in [-0.05, 0) is 75.7 Å². The highest BCUT2D eigenvalue weighted by Crippen LogP contribution is 2.33. The SMILES string of the molecule is Cc1cc(Br)c(NC(=O)N2CCCCC2C(=O)O)c(Br)c1. The van der Waals surface area contributed by atoms with Crippen LogP contribution in [-0.2, 0) is 4.79 Å². The zero-order valence-electron chi connectivity index (χ0n) is 11.5. The number of likely N-dealkylation sites (tertiary alicyclic amines) is 1. The second-order valence-electron chi connectivity index (χ2n) is 5.08. The van der Waals surface area contributed by atoms with Gasteiger partial charge in [-0.15, -0.1) is 0 Å². The predicted octanol–water partition coefficient (Wildman–Crippen LogP) is 3.99. The summed E-state index contributed by atoms with van der Waals surface area (Å²) in [6, 6.07) is 2.66. The van der Waals surface area contributed by atoms with Crippen molar-refractivity contribution in [2.24, 2.45) is 0 Å². The number of rotatable bonds is 2. The first kappa shape index (κ1) is 16.3. The highest BCUT2D eigenvalue weighted by atomic mass is 79.9. The molecule has 1 aromatic rings. The number of carboxylic acids is 1. The van der Waals surface area contributed by atoms with Crippen molar-refractivity contribution < 1.29 is 14.7 Å². The second-order valence-corrected chi connectivity index (χ2v) is 6.79. The van der Waals surface area contributed by atoms with E-state index in [4.69, 9.17) is 0 Å². The number of urea groups is 1. The van der Waals surface area contributed by atoms with Gasteiger partial charge in [0, 0.05) is 15.5 Å². The fourth-order valence-electron chi connectivity index (χ4n) is 2.43. The molecule has 0 aliphatic carbocycles. The van der Waals surface area contributed by atoms with Crippen LogP contribution in [0.15, 0.2) is 21.1 Å². The zero-order valence-corrected chi connectivity index (χ0v) is 14.7. The topological polar surface area (TPSA) is 69.6 Å². The van der Waals surface area contributed by atoms with E-state index in [0.717, 1.165) is 27.4 Å². The Bertz CT molecular complexity index is 554. The van der Waals surface area contributed by atoms with Crippen molar-refractivity contribution in [1.82, 2.24) is 4.90 Å². The summed E-state index contributed by atoms with van der Waals surface area (Å²) in [4.78, 5) is 25.0. The number of amides is 2. The van der Waals surface area contributed by atoms with E-state index in [1.54, 1.807) is 0 Å². The molecule has 0 spiro atoms. The van der Waals surface area contributed by atoms with Crippen LogP contribution in [-0.4, -0.2) is 34.6 Å². The number of carbonyl (C=O) groups excluding carboxylic acids is 1. The molecular weight excluding hydrogens is 404 g/mol. The highest BCUT2D eigenvalue weighted by molar-refractivity contribution is 9.11. The van der Waals surface area contributed by atoms with Crippen LogP contribution in [0.1, 0.15) is 24.8 Å². The van der Waals surface area contributed by atoms with Gasteiger partial charge in [0.1, 0.15) is 6.04 Å². The van der Waals surface area contributed by atoms with Crippen LogP contribution in [0.3, 0.4) is 0 Å². The molecule has 1 fully saturated rings. The first-order valence-electron chi connectivity index (χ1n) is 6.66. The van der Waals surface area contributed by atoms with Crippen LogP contribution in [0.5, 0.6) is 0 Å². The molecule has 0 bridgehead atoms. The smallest absolute Gasteiger partial charge is 0.326 e. The maximum Gasteiger partial charge on any atom is 0.326 e. The number of aliphatic carboxylic acids is 1. The third kappa shape index (κ3) is 3.77. The lowest BCUT2D eigenvalue weighted by molar-refractivity contribution is -0.143. The monoisotopic (exact) mass is 418 g/mol. The Balaban J connectivity index is 2.19. The summed E-state index contributed by atoms with van der Waals surface area (Å²) in [6.07, 6.45) is 2.16. The number of aryl methyl sites for hydroxylation is 1. The lowest BCUT2D eigenvalue weighted by Gasteiger charge is -2.33. The molecule has 2 amide bonds. The second kappa shape index (κ2) is 6.79. The summed E-state index contributed by atoms with van der Waals surface area (Å²) in [6.45, 7) is 2.41. The Hall–Kier alpha value is -1.08. The molecule has 2 rings (SSSR count). The van der Waals surface area contributed by atoms with Crippen molar-refractivity contribution in [2.45, 2.75) is 32.2 Å². The molecule has 1 atom stereocenters. The molecule has 114 valence electrons. The van der Waals surface area contributed by atoms with Crippen LogP contribution in [0.25, 0.3) is 0 Å². The van der Waals surface area contributed by atoms with E-state index in [1.165, 1.54) is 4.90 Å². The molecule has 1 saturated heterocycles. The number of piperidine rings is 1. The average Bonchev–Trinajstić information content (AvgIpc) is 2.42. The van der Waals surface area contributed by atoms with Gasteiger partial charge in [0.15, 0.2) is 0 Å². The number of carboxylic acid groups (broad SMARTS) is 1. The summed E-state index contributed by atoms with van der Waals surface area (Å²) >= 11 is 6.83. The van der Waals surface area contributed by atoms with Gasteiger partial charge in [-0.2, -0.15) is 0 Å². The molecule has 0 aromatic heterocycles. The number of benzene rings is 1. The number of halogens is 2. The minimum Gasteiger partial charge on any atom is -0.480 e. The van der Waals surface area contributed by atoms with Crippen molar-refractivity contribution in [3.8, 4) is 0 Å². The van der Waals surface area contributed by atoms with Crippen LogP contribution in [0, 0.1) is 6.92 Å². The first-order valence-corrected chi connectivity index (χ1v) is 8.25. The highest BCUT2D eigenvalue weighted by Gasteiger charge is 2.32. The molecule has 7 heteroatoms. The minimum atomic E-state index is -0.952. The third-order valence-corrected chi connectivity index (χ3v) is 4.72. The molecule has 1 unspecified atom stereocenters. The van der Waals surface area contributed by atoms with E-state index in [1.807, 2.05) is 19.1 Å². The average molecular weight is 420 g/mol. The summed E-state index contributed by atoms with van der Waals surface area (Å²) in [7, 11) is 0. The zero-order chi connectivity index (χ0) is 15.6. The molecule has 0 saturated carbocycles. The van der Waals surface area contributed by atoms with Crippen LogP contribution < -0.4 is 5.32 Å². The normalized spacial score (nSPS) is 18.4. The van der Waals surface area contributed by atoms with E-state index in [-0.39, 0.29) is 6.03 Å². The first-order chi connectivity index (χ1) is 9.90. The summed E-state index contributed by atoms with van der Waals surface area (Å²) in [5.74, 6) is -0.952. The van der Waals surface area contributed by atoms with E-state index in [2.05, 4.69) is 37.2 Å². The van der Waals surface area contributed by atoms with Crippen LogP contribution in [0.2, 0.25) is 0 Å². The summed E-state index contributed by atoms with van der Waals surface area (Å²) < 4.78 is 1.51. The van der Waals surface area contributed by atoms with E-state index in [9.17, 15) is 14.7 Å². The van der Waals surface area contributed by atoms with Crippen molar-refractivity contribution in [3.63, 3.8) is 0 Å². The maximum atomic E-state index is 12.4. The van der Waals surface area contributed by atoms with Gasteiger partial charge in [0.05, 0.1) is 5.69 Å². The number of hydrogen-bond donors (Lipinski definition) is 2. The Kier molecular flexibility index (Phi) is 5.27. The van der Waals surface area contributed by atoms with Crippen molar-refractivity contribution in [3.05, 3.63) is 26.6 Å². The van der Waals surface area contributed by atoms with Gasteiger partial charge in [0.25, 0.3) is 0 Å². The molecule has 21 heavy (non-hydrogen) atoms. The molecule has 1 heterocycles. The van der Waals surface area contributed by atoms with Crippen LogP contribution >= 0.6 is 31.9 Å². The summed E-state index contributed by atoms with van der Waals surface area (Å²) in [5, 5.41) is 12.0. The van der Waals surface area contributed by atoms with Crippen molar-refractivity contribution >= 4 is 49.5 Å². The van der Waals surface area contributed by atoms with Gasteiger partial charge in [-0.1, -0.05) is 0 Å². The van der Waals surface area contributed by atoms with Crippen LogP contribution in [0.4, 0.5) is 10.5 Å². The Morgan fingerprint density at radius 1 is 1.29 bits per heavy atom. The molecular formula is C14H16Br2N2O3. The number of carbonyl (C=O) groups is 2. The Morgan fingerprint density at radius 3 is 2.48 bits per heavy atom. The van der Waals surface area contributed by atoms with E-state index in [0.29, 0.717) is 18.7 Å². The van der Waals surface area contributed by atoms with Gasteiger partial charge < -0.3 is 15.3 Å². The quantitative estimate of drug-likeness (QED) is 0.761. The lowest BCUT2D eigenvalue weighted by Crippen LogP contribution is -2.49. The molecule has 2 N–H and O–H groups in total. The van der Waals surface area contributed by atoms with Gasteiger partial charge in [-0.3, -0.25) is 0 Å². The fraction of sp³-hybridized carbons (Fsp3) is 0.429. The Labute approximate surface area is 140 Å². The number of nitrogens with zero attached hydrogens (tertiary/aromatic N) is 1. The number of anilines is 1. The molecule has 1 aromatic carbocycles. The van der Waals surface area contributed by atoms with Crippen molar-refractivity contribution in [1.29, 1.82) is 0 Å². The minimum absolute atomic E-state index is 0.382. The summed E-state index contributed by atoms with van der Waals surface area (Å²) in [5.41, 5.74) is 1.66. The van der Waals surface area contributed by atoms with Crippen molar-refractivity contribution in [2.75, 3.05) is 11.9 Å². The standard InChI is InChI=1S/C14H16Br2N2O3/c1-8-6-9(15)12(10(16)7-8)17-14(21)18-5-3-2-4-11(18)13(19)20/h6-7,11H,2-5H2,1H3,(H,17,21)(H,19,20). The van der Waals surface area contributed by atoms with E-state index < -0.39 is 12.0 Å². The lowest BCUT2D eigenvalue weighted by atomic mass is 10.0. The largest absolute Gasteiger partial charge is 0.480 e. The Morgan fingerprint density at radius 2 is 1.90 bits per heavy atom. The maximum absolute atomic E-state index is 12.4. The molecule has 1 aliphatic rings. The predicted molar refractivity (Wildman–Crippen MR) is 87.6 cm³/mol. The van der Waals surface area contributed by atoms with Gasteiger partial charge in [-0.25, -0.2) is 9.59 Å². The third-order valence-electron chi connectivity index (χ3n) is 3.47. The van der Waals surface area contributed by atoms with Gasteiger partial charge in [0.2, 0.25) is 0 Å².